The zero-order chi connectivity index (χ0) is 14.4. The number of hydrogen-bond donors (Lipinski definition) is 1. The standard InChI is InChI=1S/C16H24N4/c1-4-10-17-15(16-7-5-6-13(2)19-16)9-8-14-11-18-20(3)12-14/h5-7,11-12,15,17H,4,8-10H2,1-3H3. The lowest BCUT2D eigenvalue weighted by atomic mass is 10.0. The molecule has 0 aliphatic rings. The molecule has 0 fully saturated rings. The van der Waals surface area contributed by atoms with Crippen LogP contribution in [0.3, 0.4) is 0 Å². The van der Waals surface area contributed by atoms with Crippen molar-refractivity contribution in [1.82, 2.24) is 20.1 Å². The first kappa shape index (κ1) is 14.7. The normalized spacial score (nSPS) is 12.6. The SMILES string of the molecule is CCCNC(CCc1cnn(C)c1)c1cccc(C)n1. The molecule has 1 atom stereocenters. The minimum Gasteiger partial charge on any atom is -0.309 e. The van der Waals surface area contributed by atoms with Gasteiger partial charge in [0.05, 0.1) is 11.9 Å². The summed E-state index contributed by atoms with van der Waals surface area (Å²) in [5.41, 5.74) is 3.50. The molecule has 0 aromatic carbocycles. The van der Waals surface area contributed by atoms with Crippen molar-refractivity contribution < 1.29 is 0 Å². The second-order valence-electron chi connectivity index (χ2n) is 5.27. The average Bonchev–Trinajstić information content (AvgIpc) is 2.85. The van der Waals surface area contributed by atoms with Crippen LogP contribution in [-0.4, -0.2) is 21.3 Å². The summed E-state index contributed by atoms with van der Waals surface area (Å²) in [7, 11) is 1.96. The van der Waals surface area contributed by atoms with Crippen LogP contribution in [0.25, 0.3) is 0 Å². The van der Waals surface area contributed by atoms with E-state index in [2.05, 4.69) is 40.7 Å². The van der Waals surface area contributed by atoms with Gasteiger partial charge in [0, 0.05) is 25.0 Å². The van der Waals surface area contributed by atoms with Crippen molar-refractivity contribution in [3.63, 3.8) is 0 Å². The van der Waals surface area contributed by atoms with Crippen LogP contribution in [0.4, 0.5) is 0 Å². The van der Waals surface area contributed by atoms with Crippen LogP contribution in [-0.2, 0) is 13.5 Å². The fraction of sp³-hybridized carbons (Fsp3) is 0.500. The minimum absolute atomic E-state index is 0.315. The summed E-state index contributed by atoms with van der Waals surface area (Å²) >= 11 is 0. The molecule has 0 bridgehead atoms. The molecule has 0 aliphatic carbocycles. The molecule has 2 heterocycles. The molecule has 1 N–H and O–H groups in total. The van der Waals surface area contributed by atoms with Crippen LogP contribution in [0.5, 0.6) is 0 Å². The van der Waals surface area contributed by atoms with E-state index in [4.69, 9.17) is 0 Å². The van der Waals surface area contributed by atoms with Crippen LogP contribution < -0.4 is 5.32 Å². The van der Waals surface area contributed by atoms with E-state index < -0.39 is 0 Å². The number of nitrogens with one attached hydrogen (secondary N) is 1. The molecule has 2 aromatic rings. The van der Waals surface area contributed by atoms with Gasteiger partial charge in [-0.3, -0.25) is 9.67 Å². The van der Waals surface area contributed by atoms with Gasteiger partial charge in [0.1, 0.15) is 0 Å². The van der Waals surface area contributed by atoms with Gasteiger partial charge in [-0.15, -0.1) is 0 Å². The maximum absolute atomic E-state index is 4.66. The molecule has 20 heavy (non-hydrogen) atoms. The molecule has 2 rings (SSSR count). The van der Waals surface area contributed by atoms with Gasteiger partial charge in [-0.25, -0.2) is 0 Å². The van der Waals surface area contributed by atoms with Crippen LogP contribution in [0, 0.1) is 6.92 Å². The second kappa shape index (κ2) is 7.20. The first-order valence-corrected chi connectivity index (χ1v) is 7.33. The van der Waals surface area contributed by atoms with E-state index >= 15 is 0 Å². The van der Waals surface area contributed by atoms with Gasteiger partial charge in [-0.1, -0.05) is 13.0 Å². The van der Waals surface area contributed by atoms with Crippen molar-refractivity contribution in [1.29, 1.82) is 0 Å². The molecule has 108 valence electrons. The maximum atomic E-state index is 4.66. The van der Waals surface area contributed by atoms with Gasteiger partial charge >= 0.3 is 0 Å². The van der Waals surface area contributed by atoms with Crippen molar-refractivity contribution in [3.05, 3.63) is 47.5 Å². The summed E-state index contributed by atoms with van der Waals surface area (Å²) in [6, 6.07) is 6.56. The zero-order valence-corrected chi connectivity index (χ0v) is 12.6. The van der Waals surface area contributed by atoms with E-state index in [0.717, 1.165) is 37.2 Å². The van der Waals surface area contributed by atoms with Gasteiger partial charge in [-0.2, -0.15) is 5.10 Å². The smallest absolute Gasteiger partial charge is 0.0576 e. The summed E-state index contributed by atoms with van der Waals surface area (Å²) in [5.74, 6) is 0. The van der Waals surface area contributed by atoms with Gasteiger partial charge < -0.3 is 5.32 Å². The highest BCUT2D eigenvalue weighted by Crippen LogP contribution is 2.18. The number of pyridine rings is 1. The summed E-state index contributed by atoms with van der Waals surface area (Å²) < 4.78 is 1.86. The molecule has 0 amide bonds. The van der Waals surface area contributed by atoms with E-state index in [1.807, 2.05) is 30.9 Å². The summed E-state index contributed by atoms with van der Waals surface area (Å²) in [6.07, 6.45) is 7.23. The van der Waals surface area contributed by atoms with E-state index in [0.29, 0.717) is 6.04 Å². The molecule has 4 heteroatoms. The third-order valence-electron chi connectivity index (χ3n) is 3.39. The zero-order valence-electron chi connectivity index (χ0n) is 12.6. The molecule has 1 unspecified atom stereocenters. The van der Waals surface area contributed by atoms with Gasteiger partial charge in [-0.05, 0) is 50.4 Å². The maximum Gasteiger partial charge on any atom is 0.0576 e. The number of aromatic nitrogens is 3. The Balaban J connectivity index is 2.03. The molecule has 0 radical (unpaired) electrons. The largest absolute Gasteiger partial charge is 0.309 e. The monoisotopic (exact) mass is 272 g/mol. The van der Waals surface area contributed by atoms with E-state index in [1.54, 1.807) is 0 Å². The van der Waals surface area contributed by atoms with Crippen molar-refractivity contribution >= 4 is 0 Å². The first-order valence-electron chi connectivity index (χ1n) is 7.33. The average molecular weight is 272 g/mol. The second-order valence-corrected chi connectivity index (χ2v) is 5.27. The van der Waals surface area contributed by atoms with Crippen LogP contribution in [0.2, 0.25) is 0 Å². The third-order valence-corrected chi connectivity index (χ3v) is 3.39. The molecule has 2 aromatic heterocycles. The van der Waals surface area contributed by atoms with E-state index in [9.17, 15) is 0 Å². The quantitative estimate of drug-likeness (QED) is 0.843. The molecular formula is C16H24N4. The van der Waals surface area contributed by atoms with Gasteiger partial charge in [0.25, 0.3) is 0 Å². The number of nitrogens with zero attached hydrogens (tertiary/aromatic N) is 3. The van der Waals surface area contributed by atoms with Crippen molar-refractivity contribution in [2.24, 2.45) is 7.05 Å². The van der Waals surface area contributed by atoms with E-state index in [-0.39, 0.29) is 0 Å². The fourth-order valence-corrected chi connectivity index (χ4v) is 2.34. The van der Waals surface area contributed by atoms with E-state index in [1.165, 1.54) is 5.56 Å². The van der Waals surface area contributed by atoms with Crippen LogP contribution >= 0.6 is 0 Å². The highest BCUT2D eigenvalue weighted by molar-refractivity contribution is 5.14. The van der Waals surface area contributed by atoms with Crippen molar-refractivity contribution in [3.8, 4) is 0 Å². The predicted molar refractivity (Wildman–Crippen MR) is 81.5 cm³/mol. The Morgan fingerprint density at radius 3 is 2.85 bits per heavy atom. The van der Waals surface area contributed by atoms with Crippen LogP contribution in [0.15, 0.2) is 30.6 Å². The summed E-state index contributed by atoms with van der Waals surface area (Å²) in [5, 5.41) is 7.82. The Hall–Kier alpha value is -1.68. The van der Waals surface area contributed by atoms with Crippen molar-refractivity contribution in [2.75, 3.05) is 6.54 Å². The Labute approximate surface area is 121 Å². The summed E-state index contributed by atoms with van der Waals surface area (Å²) in [4.78, 5) is 4.66. The van der Waals surface area contributed by atoms with Gasteiger partial charge in [0.2, 0.25) is 0 Å². The first-order chi connectivity index (χ1) is 9.69. The van der Waals surface area contributed by atoms with Crippen LogP contribution in [0.1, 0.15) is 42.8 Å². The highest BCUT2D eigenvalue weighted by Gasteiger charge is 2.12. The highest BCUT2D eigenvalue weighted by atomic mass is 15.2. The summed E-state index contributed by atoms with van der Waals surface area (Å²) in [6.45, 7) is 5.25. The third kappa shape index (κ3) is 4.17. The molecular weight excluding hydrogens is 248 g/mol. The number of hydrogen-bond acceptors (Lipinski definition) is 3. The number of rotatable bonds is 7. The lowest BCUT2D eigenvalue weighted by Crippen LogP contribution is -2.23. The van der Waals surface area contributed by atoms with Crippen molar-refractivity contribution in [2.45, 2.75) is 39.2 Å². The fourth-order valence-electron chi connectivity index (χ4n) is 2.34. The lowest BCUT2D eigenvalue weighted by Gasteiger charge is -2.18. The predicted octanol–water partition coefficient (Wildman–Crippen LogP) is 2.80. The Morgan fingerprint density at radius 1 is 1.35 bits per heavy atom. The number of aryl methyl sites for hydroxylation is 3. The Morgan fingerprint density at radius 2 is 2.20 bits per heavy atom. The molecule has 0 saturated heterocycles. The molecule has 4 nitrogen and oxygen atoms in total. The Kier molecular flexibility index (Phi) is 5.30. The minimum atomic E-state index is 0.315. The molecule has 0 spiro atoms. The molecule has 0 saturated carbocycles. The lowest BCUT2D eigenvalue weighted by molar-refractivity contribution is 0.488. The van der Waals surface area contributed by atoms with Gasteiger partial charge in [0.15, 0.2) is 0 Å². The molecule has 0 aliphatic heterocycles. The Bertz CT molecular complexity index is 533. The topological polar surface area (TPSA) is 42.7 Å².